The van der Waals surface area contributed by atoms with Gasteiger partial charge in [0.05, 0.1) is 14.2 Å². The molecular weight excluding hydrogens is 1170 g/mol. The standard InChI is InChI=1S/C18H17N3O3.C18H15N3O2.C17H14N2O4.C17H12N2O3/c1-12(22)20-21-18(23)16-10-14-15(19-16)8-5-9-17(14)24-11-13-6-3-2-4-7-13;1-12-20-21-18(23-12)16-10-14-15(19-16)8-5-9-17(14)22-11-13-6-3-2-4-7-13;1-22-13-9-5-8-12-10-14(23-15(12)13)17(21)19-18-16(20)11-6-3-2-4-7-11;1-20-13-9-5-8-12-10-14(21-15(12)13)17-19-18-16(22-17)11-6-3-2-4-7-11/h2-10,19H,11H2,1H3,(H,20,22)(H,21,23);2-10,19H,11H2,1H3;2-10H,1H3,(H,18,20)(H,19,21);2-10H,1H3. The van der Waals surface area contributed by atoms with E-state index in [2.05, 4.69) is 52.1 Å². The van der Waals surface area contributed by atoms with Gasteiger partial charge in [-0.05, 0) is 96.1 Å². The number of ether oxygens (including phenoxy) is 4. The molecule has 4 amide bonds. The van der Waals surface area contributed by atoms with Crippen LogP contribution in [-0.4, -0.2) is 68.2 Å². The SMILES string of the molecule is CC(=O)NNC(=O)c1cc2c(OCc3ccccc3)cccc2[nH]1.COc1cccc2cc(-c3nnc(-c4ccccc4)o3)oc12.COc1cccc2cc(C(=O)NNC(=O)c3ccccc3)oc12.Cc1nnc(-c2cc3c(OCc4ccccc4)cccc3[nH]2)o1. The number of aryl methyl sites for hydroxylation is 1. The molecule has 6 N–H and O–H groups in total. The van der Waals surface area contributed by atoms with Crippen LogP contribution in [-0.2, 0) is 18.0 Å². The number of aromatic nitrogens is 6. The van der Waals surface area contributed by atoms with Crippen LogP contribution in [0.4, 0.5) is 0 Å². The zero-order valence-electron chi connectivity index (χ0n) is 49.9. The number of hydrazine groups is 2. The van der Waals surface area contributed by atoms with Crippen LogP contribution in [0, 0.1) is 6.92 Å². The molecule has 460 valence electrons. The van der Waals surface area contributed by atoms with Crippen molar-refractivity contribution in [2.24, 2.45) is 0 Å². The summed E-state index contributed by atoms with van der Waals surface area (Å²) in [5, 5.41) is 19.5. The van der Waals surface area contributed by atoms with Crippen LogP contribution in [0.1, 0.15) is 55.3 Å². The number of hydrogen-bond acceptors (Lipinski definition) is 16. The minimum absolute atomic E-state index is 0.0814. The molecule has 92 heavy (non-hydrogen) atoms. The Bertz CT molecular complexity index is 4810. The number of rotatable bonds is 14. The second kappa shape index (κ2) is 28.9. The number of aromatic amines is 2. The minimum Gasteiger partial charge on any atom is -0.493 e. The van der Waals surface area contributed by atoms with E-state index in [1.165, 1.54) is 14.0 Å². The minimum atomic E-state index is -0.549. The monoisotopic (exact) mass is 1230 g/mol. The number of para-hydroxylation sites is 2. The highest BCUT2D eigenvalue weighted by Crippen LogP contribution is 2.35. The van der Waals surface area contributed by atoms with Gasteiger partial charge in [0, 0.05) is 57.6 Å². The maximum atomic E-state index is 12.1. The molecule has 0 aliphatic carbocycles. The fourth-order valence-corrected chi connectivity index (χ4v) is 9.30. The Morgan fingerprint density at radius 2 is 0.957 bits per heavy atom. The number of hydrogen-bond donors (Lipinski definition) is 6. The van der Waals surface area contributed by atoms with Crippen LogP contribution < -0.4 is 40.7 Å². The number of methoxy groups -OCH3 is 2. The molecule has 14 rings (SSSR count). The summed E-state index contributed by atoms with van der Waals surface area (Å²) in [6.45, 7) is 4.06. The number of nitrogens with zero attached hydrogens (tertiary/aromatic N) is 4. The zero-order valence-corrected chi connectivity index (χ0v) is 49.9. The predicted octanol–water partition coefficient (Wildman–Crippen LogP) is 13.3. The summed E-state index contributed by atoms with van der Waals surface area (Å²) in [5.41, 5.74) is 16.8. The molecule has 0 bridgehead atoms. The molecular formula is C70H58N10O12. The van der Waals surface area contributed by atoms with E-state index in [-0.39, 0.29) is 11.7 Å². The maximum absolute atomic E-state index is 12.1. The Kier molecular flexibility index (Phi) is 19.1. The third-order valence-corrected chi connectivity index (χ3v) is 13.7. The molecule has 8 aromatic carbocycles. The van der Waals surface area contributed by atoms with Crippen molar-refractivity contribution in [2.75, 3.05) is 14.2 Å². The number of fused-ring (bicyclic) bond motifs is 4. The van der Waals surface area contributed by atoms with Crippen molar-refractivity contribution in [3.8, 4) is 57.7 Å². The maximum Gasteiger partial charge on any atom is 0.305 e. The first-order valence-corrected chi connectivity index (χ1v) is 28.6. The molecule has 0 saturated carbocycles. The molecule has 6 aromatic heterocycles. The summed E-state index contributed by atoms with van der Waals surface area (Å²) < 4.78 is 44.8. The van der Waals surface area contributed by atoms with E-state index < -0.39 is 17.7 Å². The lowest BCUT2D eigenvalue weighted by atomic mass is 10.2. The van der Waals surface area contributed by atoms with E-state index in [1.54, 1.807) is 74.7 Å². The lowest BCUT2D eigenvalue weighted by Crippen LogP contribution is -2.41. The summed E-state index contributed by atoms with van der Waals surface area (Å²) in [6, 6.07) is 67.8. The highest BCUT2D eigenvalue weighted by molar-refractivity contribution is 6.01. The van der Waals surface area contributed by atoms with E-state index in [1.807, 2.05) is 158 Å². The summed E-state index contributed by atoms with van der Waals surface area (Å²) in [4.78, 5) is 53.1. The molecule has 22 nitrogen and oxygen atoms in total. The largest absolute Gasteiger partial charge is 0.493 e. The first kappa shape index (κ1) is 60.9. The van der Waals surface area contributed by atoms with E-state index in [4.69, 9.17) is 36.6 Å². The van der Waals surface area contributed by atoms with Gasteiger partial charge in [-0.3, -0.25) is 40.9 Å². The lowest BCUT2D eigenvalue weighted by Gasteiger charge is -2.07. The van der Waals surface area contributed by atoms with Crippen LogP contribution in [0.5, 0.6) is 23.0 Å². The van der Waals surface area contributed by atoms with Gasteiger partial charge < -0.3 is 46.6 Å². The predicted molar refractivity (Wildman–Crippen MR) is 343 cm³/mol. The van der Waals surface area contributed by atoms with Gasteiger partial charge in [-0.15, -0.1) is 20.4 Å². The fourth-order valence-electron chi connectivity index (χ4n) is 9.30. The molecule has 0 radical (unpaired) electrons. The van der Waals surface area contributed by atoms with Crippen LogP contribution >= 0.6 is 0 Å². The van der Waals surface area contributed by atoms with Crippen LogP contribution in [0.2, 0.25) is 0 Å². The summed E-state index contributed by atoms with van der Waals surface area (Å²) >= 11 is 0. The molecule has 0 aliphatic heterocycles. The average molecular weight is 1230 g/mol. The molecule has 14 aromatic rings. The quantitative estimate of drug-likeness (QED) is 0.0552. The van der Waals surface area contributed by atoms with E-state index in [0.29, 0.717) is 82.2 Å². The second-order valence-electron chi connectivity index (χ2n) is 20.1. The van der Waals surface area contributed by atoms with Crippen molar-refractivity contribution in [2.45, 2.75) is 27.1 Å². The molecule has 0 saturated heterocycles. The number of nitrogens with one attached hydrogen (secondary N) is 6. The fraction of sp³-hybridized carbons (Fsp3) is 0.0857. The second-order valence-corrected chi connectivity index (χ2v) is 20.1. The van der Waals surface area contributed by atoms with Crippen molar-refractivity contribution in [3.63, 3.8) is 0 Å². The Hall–Kier alpha value is -12.7. The van der Waals surface area contributed by atoms with Crippen molar-refractivity contribution >= 4 is 67.4 Å². The molecule has 0 fully saturated rings. The van der Waals surface area contributed by atoms with Crippen molar-refractivity contribution < 1.29 is 55.8 Å². The van der Waals surface area contributed by atoms with E-state index in [9.17, 15) is 19.2 Å². The van der Waals surface area contributed by atoms with Gasteiger partial charge in [0.1, 0.15) is 36.1 Å². The number of amides is 4. The average Bonchev–Trinajstić information content (AvgIpc) is 2.05. The highest BCUT2D eigenvalue weighted by atomic mass is 16.5. The molecule has 0 aliphatic rings. The summed E-state index contributed by atoms with van der Waals surface area (Å²) in [7, 11) is 3.13. The molecule has 0 spiro atoms. The van der Waals surface area contributed by atoms with Crippen molar-refractivity contribution in [3.05, 3.63) is 252 Å². The van der Waals surface area contributed by atoms with Crippen molar-refractivity contribution in [1.29, 1.82) is 0 Å². The van der Waals surface area contributed by atoms with Crippen LogP contribution in [0.15, 0.2) is 236 Å². The zero-order chi connectivity index (χ0) is 63.8. The van der Waals surface area contributed by atoms with Gasteiger partial charge in [0.15, 0.2) is 34.2 Å². The summed E-state index contributed by atoms with van der Waals surface area (Å²) in [6.07, 6.45) is 0. The van der Waals surface area contributed by atoms with Crippen molar-refractivity contribution in [1.82, 2.24) is 52.1 Å². The number of benzene rings is 8. The number of H-pyrrole nitrogens is 2. The number of carbonyl (C=O) groups is 4. The molecule has 0 unspecified atom stereocenters. The Morgan fingerprint density at radius 1 is 0.446 bits per heavy atom. The normalized spacial score (nSPS) is 10.7. The van der Waals surface area contributed by atoms with Crippen LogP contribution in [0.25, 0.3) is 78.4 Å². The number of carbonyl (C=O) groups excluding carboxylic acids is 4. The van der Waals surface area contributed by atoms with Crippen LogP contribution in [0.3, 0.4) is 0 Å². The third kappa shape index (κ3) is 15.0. The Morgan fingerprint density at radius 3 is 1.55 bits per heavy atom. The smallest absolute Gasteiger partial charge is 0.305 e. The van der Waals surface area contributed by atoms with Gasteiger partial charge in [-0.1, -0.05) is 133 Å². The molecule has 22 heteroatoms. The van der Waals surface area contributed by atoms with Gasteiger partial charge in [-0.25, -0.2) is 0 Å². The first-order chi connectivity index (χ1) is 45.0. The van der Waals surface area contributed by atoms with Gasteiger partial charge in [-0.2, -0.15) is 0 Å². The Labute approximate surface area is 524 Å². The number of furan rings is 2. The highest BCUT2D eigenvalue weighted by Gasteiger charge is 2.19. The Balaban J connectivity index is 0.000000126. The topological polar surface area (TPSA) is 289 Å². The van der Waals surface area contributed by atoms with Gasteiger partial charge in [0.2, 0.25) is 17.7 Å². The van der Waals surface area contributed by atoms with E-state index >= 15 is 0 Å². The van der Waals surface area contributed by atoms with E-state index in [0.717, 1.165) is 60.7 Å². The summed E-state index contributed by atoms with van der Waals surface area (Å²) in [5.74, 6) is 3.43. The first-order valence-electron chi connectivity index (χ1n) is 28.6. The molecule has 0 atom stereocenters. The van der Waals surface area contributed by atoms with Gasteiger partial charge in [0.25, 0.3) is 23.6 Å². The molecule has 6 heterocycles. The van der Waals surface area contributed by atoms with Gasteiger partial charge >= 0.3 is 5.91 Å². The third-order valence-electron chi connectivity index (χ3n) is 13.7. The lowest BCUT2D eigenvalue weighted by molar-refractivity contribution is -0.119.